The van der Waals surface area contributed by atoms with Gasteiger partial charge in [0.1, 0.15) is 11.3 Å². The van der Waals surface area contributed by atoms with Crippen LogP contribution in [0.4, 0.5) is 4.39 Å². The molecule has 0 bridgehead atoms. The number of hydrogen-bond acceptors (Lipinski definition) is 2. The Labute approximate surface area is 91.3 Å². The quantitative estimate of drug-likeness (QED) is 0.863. The zero-order valence-corrected chi connectivity index (χ0v) is 8.77. The van der Waals surface area contributed by atoms with Crippen LogP contribution in [-0.4, -0.2) is 20.6 Å². The van der Waals surface area contributed by atoms with Gasteiger partial charge in [-0.3, -0.25) is 4.79 Å². The van der Waals surface area contributed by atoms with Crippen LogP contribution in [0, 0.1) is 12.7 Å². The number of nitrogens with zero attached hydrogens (tertiary/aromatic N) is 2. The lowest BCUT2D eigenvalue weighted by molar-refractivity contribution is -0.137. The van der Waals surface area contributed by atoms with Crippen molar-refractivity contribution in [3.8, 4) is 0 Å². The third-order valence-electron chi connectivity index (χ3n) is 2.47. The van der Waals surface area contributed by atoms with Gasteiger partial charge >= 0.3 is 5.97 Å². The fourth-order valence-corrected chi connectivity index (χ4v) is 1.72. The molecule has 0 unspecified atom stereocenters. The fourth-order valence-electron chi connectivity index (χ4n) is 1.72. The molecular weight excluding hydrogens is 211 g/mol. The highest BCUT2D eigenvalue weighted by Crippen LogP contribution is 2.18. The molecule has 1 heterocycles. The topological polar surface area (TPSA) is 55.1 Å². The molecule has 0 spiro atoms. The molecule has 0 fully saturated rings. The summed E-state index contributed by atoms with van der Waals surface area (Å²) in [5, 5.41) is 8.62. The predicted molar refractivity (Wildman–Crippen MR) is 56.7 cm³/mol. The standard InChI is InChI=1S/C11H11FN2O2/c1-7-13-11-8(12)3-2-4-9(11)14(7)6-5-10(15)16/h2-4H,5-6H2,1H3,(H,15,16). The van der Waals surface area contributed by atoms with E-state index in [1.807, 2.05) is 0 Å². The molecule has 0 amide bonds. The van der Waals surface area contributed by atoms with Crippen LogP contribution in [0.25, 0.3) is 11.0 Å². The van der Waals surface area contributed by atoms with Gasteiger partial charge in [0.25, 0.3) is 0 Å². The molecule has 2 aromatic rings. The van der Waals surface area contributed by atoms with Crippen LogP contribution in [0.15, 0.2) is 18.2 Å². The first kappa shape index (κ1) is 10.6. The second-order valence-corrected chi connectivity index (χ2v) is 3.56. The number of rotatable bonds is 3. The minimum absolute atomic E-state index is 0.00279. The van der Waals surface area contributed by atoms with Gasteiger partial charge in [0, 0.05) is 6.54 Å². The van der Waals surface area contributed by atoms with Crippen molar-refractivity contribution in [2.24, 2.45) is 0 Å². The number of carbonyl (C=O) groups is 1. The van der Waals surface area contributed by atoms with Crippen LogP contribution in [0.2, 0.25) is 0 Å². The first-order valence-electron chi connectivity index (χ1n) is 4.92. The number of carboxylic acid groups (broad SMARTS) is 1. The second kappa shape index (κ2) is 3.92. The molecule has 4 nitrogen and oxygen atoms in total. The summed E-state index contributed by atoms with van der Waals surface area (Å²) in [5.41, 5.74) is 0.934. The molecule has 0 saturated heterocycles. The number of para-hydroxylation sites is 1. The van der Waals surface area contributed by atoms with E-state index in [0.29, 0.717) is 23.4 Å². The minimum Gasteiger partial charge on any atom is -0.481 e. The molecule has 16 heavy (non-hydrogen) atoms. The number of aliphatic carboxylic acids is 1. The van der Waals surface area contributed by atoms with Crippen LogP contribution >= 0.6 is 0 Å². The molecule has 2 rings (SSSR count). The summed E-state index contributed by atoms with van der Waals surface area (Å²) in [6.07, 6.45) is 0.00279. The molecule has 1 N–H and O–H groups in total. The van der Waals surface area contributed by atoms with Crippen molar-refractivity contribution in [2.45, 2.75) is 19.9 Å². The molecule has 1 aromatic heterocycles. The van der Waals surface area contributed by atoms with Crippen molar-refractivity contribution in [2.75, 3.05) is 0 Å². The SMILES string of the molecule is Cc1nc2c(F)cccc2n1CCC(=O)O. The highest BCUT2D eigenvalue weighted by atomic mass is 19.1. The molecule has 84 valence electrons. The van der Waals surface area contributed by atoms with Crippen molar-refractivity contribution in [1.29, 1.82) is 0 Å². The highest BCUT2D eigenvalue weighted by Gasteiger charge is 2.11. The minimum atomic E-state index is -0.877. The summed E-state index contributed by atoms with van der Waals surface area (Å²) in [5.74, 6) is -0.631. The lowest BCUT2D eigenvalue weighted by Crippen LogP contribution is -2.05. The van der Waals surface area contributed by atoms with Gasteiger partial charge in [-0.05, 0) is 19.1 Å². The Bertz CT molecular complexity index is 548. The summed E-state index contributed by atoms with van der Waals surface area (Å²) < 4.78 is 15.1. The summed E-state index contributed by atoms with van der Waals surface area (Å²) >= 11 is 0. The van der Waals surface area contributed by atoms with Crippen LogP contribution in [0.1, 0.15) is 12.2 Å². The second-order valence-electron chi connectivity index (χ2n) is 3.56. The van der Waals surface area contributed by atoms with Crippen LogP contribution in [0.5, 0.6) is 0 Å². The Morgan fingerprint density at radius 2 is 2.31 bits per heavy atom. The van der Waals surface area contributed by atoms with Crippen LogP contribution in [-0.2, 0) is 11.3 Å². The van der Waals surface area contributed by atoms with Gasteiger partial charge < -0.3 is 9.67 Å². The Morgan fingerprint density at radius 1 is 1.56 bits per heavy atom. The van der Waals surface area contributed by atoms with E-state index in [-0.39, 0.29) is 12.2 Å². The van der Waals surface area contributed by atoms with Crippen molar-refractivity contribution in [1.82, 2.24) is 9.55 Å². The number of imidazole rings is 1. The average molecular weight is 222 g/mol. The molecule has 0 saturated carbocycles. The molecule has 0 radical (unpaired) electrons. The summed E-state index contributed by atoms with van der Waals surface area (Å²) in [4.78, 5) is 14.6. The summed E-state index contributed by atoms with van der Waals surface area (Å²) in [7, 11) is 0. The number of fused-ring (bicyclic) bond motifs is 1. The molecule has 5 heteroatoms. The molecule has 0 atom stereocenters. The number of aromatic nitrogens is 2. The van der Waals surface area contributed by atoms with E-state index < -0.39 is 5.97 Å². The molecule has 0 aliphatic heterocycles. The van der Waals surface area contributed by atoms with Gasteiger partial charge in [-0.1, -0.05) is 6.07 Å². The third-order valence-corrected chi connectivity index (χ3v) is 2.47. The van der Waals surface area contributed by atoms with Crippen LogP contribution in [0.3, 0.4) is 0 Å². The number of halogens is 1. The first-order chi connectivity index (χ1) is 7.59. The summed E-state index contributed by atoms with van der Waals surface area (Å²) in [6.45, 7) is 2.04. The molecule has 0 aliphatic carbocycles. The highest BCUT2D eigenvalue weighted by molar-refractivity contribution is 5.77. The maximum atomic E-state index is 13.4. The number of aryl methyl sites for hydroxylation is 2. The van der Waals surface area contributed by atoms with E-state index in [0.717, 1.165) is 0 Å². The third kappa shape index (κ3) is 1.76. The van der Waals surface area contributed by atoms with Crippen molar-refractivity contribution >= 4 is 17.0 Å². The van der Waals surface area contributed by atoms with Gasteiger partial charge in [0.2, 0.25) is 0 Å². The van der Waals surface area contributed by atoms with E-state index in [4.69, 9.17) is 5.11 Å². The monoisotopic (exact) mass is 222 g/mol. The maximum absolute atomic E-state index is 13.4. The van der Waals surface area contributed by atoms with Crippen LogP contribution < -0.4 is 0 Å². The number of carboxylic acids is 1. The van der Waals surface area contributed by atoms with Gasteiger partial charge in [-0.2, -0.15) is 0 Å². The summed E-state index contributed by atoms with van der Waals surface area (Å²) in [6, 6.07) is 4.67. The first-order valence-corrected chi connectivity index (χ1v) is 4.92. The maximum Gasteiger partial charge on any atom is 0.305 e. The van der Waals surface area contributed by atoms with Crippen molar-refractivity contribution in [3.05, 3.63) is 29.8 Å². The predicted octanol–water partition coefficient (Wildman–Crippen LogP) is 1.96. The smallest absolute Gasteiger partial charge is 0.305 e. The van der Waals surface area contributed by atoms with E-state index in [1.165, 1.54) is 6.07 Å². The Balaban J connectivity index is 2.48. The van der Waals surface area contributed by atoms with Gasteiger partial charge in [-0.15, -0.1) is 0 Å². The zero-order valence-electron chi connectivity index (χ0n) is 8.77. The fraction of sp³-hybridized carbons (Fsp3) is 0.273. The lowest BCUT2D eigenvalue weighted by Gasteiger charge is -2.03. The molecular formula is C11H11FN2O2. The average Bonchev–Trinajstić information content (AvgIpc) is 2.53. The van der Waals surface area contributed by atoms with E-state index in [1.54, 1.807) is 23.6 Å². The number of hydrogen-bond donors (Lipinski definition) is 1. The Morgan fingerprint density at radius 3 is 3.00 bits per heavy atom. The normalized spacial score (nSPS) is 10.9. The van der Waals surface area contributed by atoms with Gasteiger partial charge in [-0.25, -0.2) is 9.37 Å². The Kier molecular flexibility index (Phi) is 2.60. The van der Waals surface area contributed by atoms with Crippen molar-refractivity contribution in [3.63, 3.8) is 0 Å². The largest absolute Gasteiger partial charge is 0.481 e. The molecule has 1 aromatic carbocycles. The zero-order chi connectivity index (χ0) is 11.7. The van der Waals surface area contributed by atoms with Gasteiger partial charge in [0.05, 0.1) is 11.9 Å². The van der Waals surface area contributed by atoms with Crippen molar-refractivity contribution < 1.29 is 14.3 Å². The number of benzene rings is 1. The van der Waals surface area contributed by atoms with E-state index in [9.17, 15) is 9.18 Å². The van der Waals surface area contributed by atoms with E-state index >= 15 is 0 Å². The Hall–Kier alpha value is -1.91. The molecule has 0 aliphatic rings. The van der Waals surface area contributed by atoms with E-state index in [2.05, 4.69) is 4.98 Å². The lowest BCUT2D eigenvalue weighted by atomic mass is 10.3. The van der Waals surface area contributed by atoms with Gasteiger partial charge in [0.15, 0.2) is 5.82 Å².